The van der Waals surface area contributed by atoms with E-state index in [1.807, 2.05) is 29.2 Å². The van der Waals surface area contributed by atoms with Crippen molar-refractivity contribution in [3.8, 4) is 18.1 Å². The molecule has 0 heterocycles. The lowest BCUT2D eigenvalue weighted by atomic mass is 10.2. The van der Waals surface area contributed by atoms with Crippen LogP contribution in [0.25, 0.3) is 5.53 Å². The standard InChI is InChI=1S/C11H17NO3.C2N4/c1-15-11-4-2-3-10(9-11)12(5-7-13)6-8-14;3-1-6(5)2-4/h2-4,9,13-14H,5-8H2,1H3;. The predicted octanol–water partition coefficient (Wildman–Crippen LogP) is 0.469. The first-order chi connectivity index (χ1) is 10.1. The minimum absolute atomic E-state index is 0.0667. The highest BCUT2D eigenvalue weighted by molar-refractivity contribution is 5.50. The highest BCUT2D eigenvalue weighted by Crippen LogP contribution is 2.20. The van der Waals surface area contributed by atoms with E-state index in [0.717, 1.165) is 23.8 Å². The minimum Gasteiger partial charge on any atom is -0.623 e. The van der Waals surface area contributed by atoms with E-state index in [0.29, 0.717) is 13.1 Å². The van der Waals surface area contributed by atoms with Crippen LogP contribution in [0.2, 0.25) is 0 Å². The van der Waals surface area contributed by atoms with Crippen molar-refractivity contribution >= 4 is 5.69 Å². The molecule has 0 aliphatic heterocycles. The van der Waals surface area contributed by atoms with Crippen molar-refractivity contribution in [1.29, 1.82) is 10.5 Å². The molecule has 1 aromatic rings. The molecule has 0 saturated heterocycles. The number of aliphatic hydroxyl groups is 2. The number of hydrogen-bond donors (Lipinski definition) is 2. The lowest BCUT2D eigenvalue weighted by Gasteiger charge is -2.23. The van der Waals surface area contributed by atoms with Crippen molar-refractivity contribution in [2.75, 3.05) is 38.3 Å². The number of ether oxygens (including phenoxy) is 1. The Hall–Kier alpha value is -2.68. The largest absolute Gasteiger partial charge is 0.623 e. The van der Waals surface area contributed by atoms with Gasteiger partial charge in [0.05, 0.1) is 20.3 Å². The zero-order valence-corrected chi connectivity index (χ0v) is 11.7. The first-order valence-electron chi connectivity index (χ1n) is 6.02. The summed E-state index contributed by atoms with van der Waals surface area (Å²) in [4.78, 5) is 1.91. The molecule has 0 aromatic heterocycles. The van der Waals surface area contributed by atoms with Gasteiger partial charge in [0.1, 0.15) is 5.75 Å². The van der Waals surface area contributed by atoms with E-state index in [-0.39, 0.29) is 17.9 Å². The maximum absolute atomic E-state index is 8.90. The molecule has 8 heteroatoms. The van der Waals surface area contributed by atoms with Gasteiger partial charge in [0, 0.05) is 35.4 Å². The van der Waals surface area contributed by atoms with Crippen LogP contribution in [0.5, 0.6) is 5.75 Å². The summed E-state index contributed by atoms with van der Waals surface area (Å²) < 4.78 is 4.97. The van der Waals surface area contributed by atoms with E-state index in [1.54, 1.807) is 7.11 Å². The third kappa shape index (κ3) is 7.47. The molecule has 0 amide bonds. The van der Waals surface area contributed by atoms with E-state index in [1.165, 1.54) is 0 Å². The number of methoxy groups -OCH3 is 1. The number of nitrogens with zero attached hydrogens (tertiary/aromatic N) is 5. The number of rotatable bonds is 6. The second kappa shape index (κ2) is 11.2. The molecule has 0 fully saturated rings. The number of benzene rings is 1. The summed E-state index contributed by atoms with van der Waals surface area (Å²) in [5, 5.41) is 32.9. The lowest BCUT2D eigenvalue weighted by molar-refractivity contribution is -0.362. The van der Waals surface area contributed by atoms with Crippen LogP contribution < -0.4 is 9.64 Å². The smallest absolute Gasteiger partial charge is 0.366 e. The molecule has 8 nitrogen and oxygen atoms in total. The summed E-state index contributed by atoms with van der Waals surface area (Å²) in [6.07, 6.45) is 2.28. The quantitative estimate of drug-likeness (QED) is 0.339. The normalized spacial score (nSPS) is 8.62. The van der Waals surface area contributed by atoms with Crippen LogP contribution >= 0.6 is 0 Å². The number of aliphatic hydroxyl groups excluding tert-OH is 2. The van der Waals surface area contributed by atoms with Crippen LogP contribution in [0.4, 0.5) is 5.69 Å². The Morgan fingerprint density at radius 3 is 2.19 bits per heavy atom. The van der Waals surface area contributed by atoms with Gasteiger partial charge in [-0.05, 0) is 12.1 Å². The van der Waals surface area contributed by atoms with Crippen molar-refractivity contribution in [1.82, 2.24) is 0 Å². The van der Waals surface area contributed by atoms with Crippen molar-refractivity contribution in [3.63, 3.8) is 0 Å². The number of anilines is 1. The highest BCUT2D eigenvalue weighted by atomic mass is 16.5. The first kappa shape index (κ1) is 18.3. The van der Waals surface area contributed by atoms with Crippen LogP contribution in [0.15, 0.2) is 24.3 Å². The summed E-state index contributed by atoms with van der Waals surface area (Å²) in [6, 6.07) is 7.55. The van der Waals surface area contributed by atoms with Gasteiger partial charge in [-0.25, -0.2) is 0 Å². The Labute approximate surface area is 123 Å². The van der Waals surface area contributed by atoms with Gasteiger partial charge in [0.25, 0.3) is 0 Å². The van der Waals surface area contributed by atoms with Crippen LogP contribution in [0.1, 0.15) is 0 Å². The molecule has 0 aliphatic rings. The maximum Gasteiger partial charge on any atom is 0.366 e. The zero-order chi connectivity index (χ0) is 16.1. The molecule has 21 heavy (non-hydrogen) atoms. The van der Waals surface area contributed by atoms with Gasteiger partial charge in [-0.3, -0.25) is 0 Å². The van der Waals surface area contributed by atoms with Gasteiger partial charge in [-0.2, -0.15) is 4.70 Å². The predicted molar refractivity (Wildman–Crippen MR) is 74.2 cm³/mol. The molecule has 0 saturated carbocycles. The monoisotopic (exact) mass is 291 g/mol. The summed E-state index contributed by atoms with van der Waals surface area (Å²) in [5.41, 5.74) is 8.72. The van der Waals surface area contributed by atoms with E-state index in [2.05, 4.69) is 0 Å². The average Bonchev–Trinajstić information content (AvgIpc) is 2.54. The van der Waals surface area contributed by atoms with Crippen LogP contribution in [-0.4, -0.2) is 48.3 Å². The van der Waals surface area contributed by atoms with E-state index in [4.69, 9.17) is 31.0 Å². The first-order valence-corrected chi connectivity index (χ1v) is 6.02. The van der Waals surface area contributed by atoms with E-state index in [9.17, 15) is 0 Å². The second-order valence-corrected chi connectivity index (χ2v) is 3.65. The van der Waals surface area contributed by atoms with Gasteiger partial charge in [0.15, 0.2) is 0 Å². The Morgan fingerprint density at radius 2 is 1.81 bits per heavy atom. The molecule has 2 N–H and O–H groups in total. The van der Waals surface area contributed by atoms with E-state index >= 15 is 0 Å². The average molecular weight is 291 g/mol. The van der Waals surface area contributed by atoms with Gasteiger partial charge in [0.2, 0.25) is 0 Å². The van der Waals surface area contributed by atoms with Crippen molar-refractivity contribution in [3.05, 3.63) is 29.8 Å². The van der Waals surface area contributed by atoms with Gasteiger partial charge in [-0.15, -0.1) is 0 Å². The Kier molecular flexibility index (Phi) is 9.75. The molecule has 0 radical (unpaired) electrons. The van der Waals surface area contributed by atoms with Crippen molar-refractivity contribution in [2.45, 2.75) is 0 Å². The SMILES string of the molecule is COc1cccc(N(CCO)CCO)c1.N#C[N+](=[N-])C#N. The van der Waals surface area contributed by atoms with Crippen molar-refractivity contribution in [2.24, 2.45) is 0 Å². The summed E-state index contributed by atoms with van der Waals surface area (Å²) in [5.74, 6) is 0.772. The molecule has 0 atom stereocenters. The fraction of sp³-hybridized carbons (Fsp3) is 0.385. The molecule has 112 valence electrons. The Balaban J connectivity index is 0.000000567. The molecular formula is C13H17N5O3. The summed E-state index contributed by atoms with van der Waals surface area (Å²) >= 11 is 0. The molecule has 1 aromatic carbocycles. The fourth-order valence-corrected chi connectivity index (χ4v) is 1.44. The molecule has 0 spiro atoms. The van der Waals surface area contributed by atoms with E-state index < -0.39 is 0 Å². The second-order valence-electron chi connectivity index (χ2n) is 3.65. The zero-order valence-electron chi connectivity index (χ0n) is 11.7. The topological polar surface area (TPSA) is 126 Å². The number of nitriles is 2. The number of hydrogen-bond acceptors (Lipinski definition) is 6. The Morgan fingerprint density at radius 1 is 1.24 bits per heavy atom. The molecule has 0 bridgehead atoms. The maximum atomic E-state index is 8.90. The lowest BCUT2D eigenvalue weighted by Crippen LogP contribution is -2.29. The summed E-state index contributed by atoms with van der Waals surface area (Å²) in [7, 11) is 1.61. The molecule has 0 aliphatic carbocycles. The van der Waals surface area contributed by atoms with Crippen LogP contribution in [0, 0.1) is 22.9 Å². The minimum atomic E-state index is -0.139. The van der Waals surface area contributed by atoms with Gasteiger partial charge >= 0.3 is 12.4 Å². The molecule has 0 unspecified atom stereocenters. The third-order valence-electron chi connectivity index (χ3n) is 2.35. The summed E-state index contributed by atoms with van der Waals surface area (Å²) in [6.45, 7) is 1.15. The third-order valence-corrected chi connectivity index (χ3v) is 2.35. The van der Waals surface area contributed by atoms with Gasteiger partial charge < -0.3 is 25.4 Å². The van der Waals surface area contributed by atoms with Crippen LogP contribution in [0.3, 0.4) is 0 Å². The molecule has 1 rings (SSSR count). The van der Waals surface area contributed by atoms with Crippen LogP contribution in [-0.2, 0) is 0 Å². The van der Waals surface area contributed by atoms with Crippen molar-refractivity contribution < 1.29 is 19.6 Å². The Bertz CT molecular complexity index is 499. The highest BCUT2D eigenvalue weighted by Gasteiger charge is 2.05. The van der Waals surface area contributed by atoms with Gasteiger partial charge in [-0.1, -0.05) is 6.07 Å². The fourth-order valence-electron chi connectivity index (χ4n) is 1.44. The molecular weight excluding hydrogens is 274 g/mol.